The lowest BCUT2D eigenvalue weighted by Gasteiger charge is -2.38. The number of carbonyl (C=O) groups excluding carboxylic acids is 1. The molecule has 0 aromatic heterocycles. The second kappa shape index (κ2) is 7.05. The van der Waals surface area contributed by atoms with E-state index in [1.54, 1.807) is 4.90 Å². The summed E-state index contributed by atoms with van der Waals surface area (Å²) in [5, 5.41) is 0.189. The summed E-state index contributed by atoms with van der Waals surface area (Å²) in [4.78, 5) is 14.0. The van der Waals surface area contributed by atoms with Crippen LogP contribution in [0.2, 0.25) is 18.1 Å². The van der Waals surface area contributed by atoms with Gasteiger partial charge < -0.3 is 14.1 Å². The monoisotopic (exact) mass is 335 g/mol. The van der Waals surface area contributed by atoms with Crippen LogP contribution in [-0.4, -0.2) is 38.5 Å². The molecule has 0 unspecified atom stereocenters. The highest BCUT2D eigenvalue weighted by atomic mass is 28.4. The summed E-state index contributed by atoms with van der Waals surface area (Å²) in [7, 11) is -1.78. The fourth-order valence-electron chi connectivity index (χ4n) is 2.39. The van der Waals surface area contributed by atoms with Crippen LogP contribution in [0.3, 0.4) is 0 Å². The van der Waals surface area contributed by atoms with Gasteiger partial charge in [-0.25, -0.2) is 4.79 Å². The third kappa shape index (κ3) is 4.82. The molecule has 1 aliphatic heterocycles. The van der Waals surface area contributed by atoms with Crippen molar-refractivity contribution in [1.82, 2.24) is 4.90 Å². The molecule has 1 atom stereocenters. The summed E-state index contributed by atoms with van der Waals surface area (Å²) in [6.07, 6.45) is 0.794. The summed E-state index contributed by atoms with van der Waals surface area (Å²) >= 11 is 0. The van der Waals surface area contributed by atoms with E-state index in [2.05, 4.69) is 33.9 Å². The van der Waals surface area contributed by atoms with Gasteiger partial charge in [0.25, 0.3) is 0 Å². The molecule has 0 radical (unpaired) electrons. The maximum absolute atomic E-state index is 12.2. The highest BCUT2D eigenvalue weighted by molar-refractivity contribution is 6.74. The van der Waals surface area contributed by atoms with E-state index < -0.39 is 8.32 Å². The van der Waals surface area contributed by atoms with Gasteiger partial charge in [-0.3, -0.25) is 0 Å². The van der Waals surface area contributed by atoms with Gasteiger partial charge in [0, 0.05) is 13.1 Å². The molecular formula is C18H29NO3Si. The fourth-order valence-corrected chi connectivity index (χ4v) is 3.77. The van der Waals surface area contributed by atoms with Crippen molar-refractivity contribution in [3.05, 3.63) is 35.9 Å². The van der Waals surface area contributed by atoms with Crippen molar-refractivity contribution in [3.63, 3.8) is 0 Å². The average molecular weight is 336 g/mol. The van der Waals surface area contributed by atoms with Crippen molar-refractivity contribution < 1.29 is 14.0 Å². The van der Waals surface area contributed by atoms with Crippen LogP contribution in [-0.2, 0) is 15.8 Å². The second-order valence-corrected chi connectivity index (χ2v) is 12.5. The van der Waals surface area contributed by atoms with Crippen molar-refractivity contribution in [1.29, 1.82) is 0 Å². The minimum absolute atomic E-state index is 0.139. The van der Waals surface area contributed by atoms with Gasteiger partial charge in [0.1, 0.15) is 6.61 Å². The van der Waals surface area contributed by atoms with Crippen LogP contribution < -0.4 is 0 Å². The minimum Gasteiger partial charge on any atom is -0.445 e. The molecule has 4 nitrogen and oxygen atoms in total. The fraction of sp³-hybridized carbons (Fsp3) is 0.611. The van der Waals surface area contributed by atoms with Crippen molar-refractivity contribution in [2.45, 2.75) is 58.0 Å². The average Bonchev–Trinajstić information content (AvgIpc) is 2.92. The molecule has 0 aliphatic carbocycles. The van der Waals surface area contributed by atoms with Crippen molar-refractivity contribution >= 4 is 14.4 Å². The number of benzene rings is 1. The smallest absolute Gasteiger partial charge is 0.410 e. The Morgan fingerprint density at radius 2 is 1.91 bits per heavy atom. The minimum atomic E-state index is -1.78. The summed E-state index contributed by atoms with van der Waals surface area (Å²) in [6, 6.07) is 9.76. The Kier molecular flexibility index (Phi) is 5.52. The van der Waals surface area contributed by atoms with Crippen molar-refractivity contribution in [2.75, 3.05) is 13.1 Å². The van der Waals surface area contributed by atoms with Gasteiger partial charge in [0.2, 0.25) is 0 Å². The molecule has 2 rings (SSSR count). The topological polar surface area (TPSA) is 38.8 Å². The molecule has 128 valence electrons. The lowest BCUT2D eigenvalue weighted by molar-refractivity contribution is 0.0980. The first-order valence-corrected chi connectivity index (χ1v) is 11.2. The van der Waals surface area contributed by atoms with E-state index in [1.807, 2.05) is 30.3 Å². The zero-order valence-corrected chi connectivity index (χ0v) is 16.0. The SMILES string of the molecule is CC(C)(C)[Si](C)(C)O[C@H]1CCN(C(=O)OCc2ccccc2)C1. The summed E-state index contributed by atoms with van der Waals surface area (Å²) in [5.74, 6) is 0. The van der Waals surface area contributed by atoms with Gasteiger partial charge in [-0.15, -0.1) is 0 Å². The van der Waals surface area contributed by atoms with Crippen LogP contribution in [0, 0.1) is 0 Å². The molecule has 1 aromatic rings. The number of hydrogen-bond donors (Lipinski definition) is 0. The second-order valence-electron chi connectivity index (χ2n) is 7.78. The molecule has 1 fully saturated rings. The predicted octanol–water partition coefficient (Wildman–Crippen LogP) is 4.42. The Morgan fingerprint density at radius 3 is 2.52 bits per heavy atom. The maximum Gasteiger partial charge on any atom is 0.410 e. The van der Waals surface area contributed by atoms with Gasteiger partial charge in [-0.2, -0.15) is 0 Å². The van der Waals surface area contributed by atoms with Gasteiger partial charge in [-0.05, 0) is 30.1 Å². The zero-order valence-electron chi connectivity index (χ0n) is 15.0. The third-order valence-corrected chi connectivity index (χ3v) is 9.41. The number of ether oxygens (including phenoxy) is 1. The number of amides is 1. The molecule has 5 heteroatoms. The van der Waals surface area contributed by atoms with Crippen LogP contribution >= 0.6 is 0 Å². The van der Waals surface area contributed by atoms with Crippen LogP contribution in [0.25, 0.3) is 0 Å². The number of carbonyl (C=O) groups is 1. The summed E-state index contributed by atoms with van der Waals surface area (Å²) < 4.78 is 11.8. The molecule has 1 amide bonds. The van der Waals surface area contributed by atoms with Gasteiger partial charge >= 0.3 is 6.09 Å². The van der Waals surface area contributed by atoms with E-state index in [9.17, 15) is 4.79 Å². The first kappa shape index (κ1) is 18.0. The zero-order chi connectivity index (χ0) is 17.1. The number of likely N-dealkylation sites (tertiary alicyclic amines) is 1. The molecule has 0 bridgehead atoms. The highest BCUT2D eigenvalue weighted by Gasteiger charge is 2.41. The van der Waals surface area contributed by atoms with Gasteiger partial charge in [0.15, 0.2) is 8.32 Å². The van der Waals surface area contributed by atoms with Gasteiger partial charge in [0.05, 0.1) is 6.10 Å². The molecule has 0 saturated carbocycles. The Bertz CT molecular complexity index is 525. The van der Waals surface area contributed by atoms with E-state index in [0.717, 1.165) is 12.0 Å². The first-order valence-electron chi connectivity index (χ1n) is 8.32. The van der Waals surface area contributed by atoms with Crippen molar-refractivity contribution in [3.8, 4) is 0 Å². The number of hydrogen-bond acceptors (Lipinski definition) is 3. The molecule has 1 aromatic carbocycles. The van der Waals surface area contributed by atoms with E-state index in [-0.39, 0.29) is 17.2 Å². The molecule has 1 saturated heterocycles. The summed E-state index contributed by atoms with van der Waals surface area (Å²) in [5.41, 5.74) is 1.01. The maximum atomic E-state index is 12.2. The van der Waals surface area contributed by atoms with E-state index >= 15 is 0 Å². The lowest BCUT2D eigenvalue weighted by Crippen LogP contribution is -2.44. The lowest BCUT2D eigenvalue weighted by atomic mass is 10.2. The highest BCUT2D eigenvalue weighted by Crippen LogP contribution is 2.38. The van der Waals surface area contributed by atoms with Crippen LogP contribution in [0.4, 0.5) is 4.79 Å². The summed E-state index contributed by atoms with van der Waals surface area (Å²) in [6.45, 7) is 12.9. The van der Waals surface area contributed by atoms with Crippen LogP contribution in [0.15, 0.2) is 30.3 Å². The Morgan fingerprint density at radius 1 is 1.26 bits per heavy atom. The van der Waals surface area contributed by atoms with E-state index in [0.29, 0.717) is 19.7 Å². The largest absolute Gasteiger partial charge is 0.445 e. The van der Waals surface area contributed by atoms with E-state index in [4.69, 9.17) is 9.16 Å². The number of rotatable bonds is 4. The van der Waals surface area contributed by atoms with Crippen LogP contribution in [0.5, 0.6) is 0 Å². The first-order chi connectivity index (χ1) is 10.7. The quantitative estimate of drug-likeness (QED) is 0.765. The molecule has 0 spiro atoms. The van der Waals surface area contributed by atoms with Crippen LogP contribution in [0.1, 0.15) is 32.8 Å². The van der Waals surface area contributed by atoms with Crippen molar-refractivity contribution in [2.24, 2.45) is 0 Å². The number of nitrogens with zero attached hydrogens (tertiary/aromatic N) is 1. The molecule has 1 heterocycles. The predicted molar refractivity (Wildman–Crippen MR) is 94.9 cm³/mol. The Labute approximate surface area is 140 Å². The molecule has 0 N–H and O–H groups in total. The third-order valence-electron chi connectivity index (χ3n) is 4.88. The molecule has 1 aliphatic rings. The molecular weight excluding hydrogens is 306 g/mol. The normalized spacial score (nSPS) is 19.0. The Hall–Kier alpha value is -1.33. The standard InChI is InChI=1S/C18H29NO3Si/c1-18(2,3)23(4,5)22-16-11-12-19(13-16)17(20)21-14-15-9-7-6-8-10-15/h6-10,16H,11-14H2,1-5H3/t16-/m0/s1. The Balaban J connectivity index is 1.81. The van der Waals surface area contributed by atoms with E-state index in [1.165, 1.54) is 0 Å². The molecule has 23 heavy (non-hydrogen) atoms. The van der Waals surface area contributed by atoms with Gasteiger partial charge in [-0.1, -0.05) is 51.1 Å².